The minimum Gasteiger partial charge on any atom is -0.369 e. The van der Waals surface area contributed by atoms with Gasteiger partial charge in [0.25, 0.3) is 0 Å². The number of hydrogen-bond acceptors (Lipinski definition) is 5. The Hall–Kier alpha value is -2.12. The van der Waals surface area contributed by atoms with Crippen molar-refractivity contribution in [2.45, 2.75) is 70.5 Å². The molecule has 37 heavy (non-hydrogen) atoms. The van der Waals surface area contributed by atoms with Crippen molar-refractivity contribution >= 4 is 17.5 Å². The summed E-state index contributed by atoms with van der Waals surface area (Å²) in [6.45, 7) is 10.1. The molecule has 7 heteroatoms. The molecule has 4 atom stereocenters. The largest absolute Gasteiger partial charge is 0.369 e. The van der Waals surface area contributed by atoms with Crippen LogP contribution in [0.3, 0.4) is 0 Å². The lowest BCUT2D eigenvalue weighted by molar-refractivity contribution is -0.144. The quantitative estimate of drug-likeness (QED) is 0.565. The van der Waals surface area contributed by atoms with Crippen molar-refractivity contribution in [1.82, 2.24) is 19.6 Å². The van der Waals surface area contributed by atoms with Gasteiger partial charge < -0.3 is 19.6 Å². The summed E-state index contributed by atoms with van der Waals surface area (Å²) in [6.07, 6.45) is 7.35. The van der Waals surface area contributed by atoms with Crippen molar-refractivity contribution in [1.29, 1.82) is 0 Å². The molecule has 0 radical (unpaired) electrons. The van der Waals surface area contributed by atoms with E-state index in [1.165, 1.54) is 50.0 Å². The van der Waals surface area contributed by atoms with E-state index in [9.17, 15) is 9.59 Å². The van der Waals surface area contributed by atoms with Crippen molar-refractivity contribution in [2.75, 3.05) is 64.8 Å². The van der Waals surface area contributed by atoms with Gasteiger partial charge in [0, 0.05) is 77.4 Å². The standard InChI is InChI=1S/C30H47N5O2/c1-23(36)35-22-25-7-5-15-34-16-6-8-27(30(25)34)28(35)9-4-10-29(37)32(3)21-24-11-13-26(14-12-24)33-19-17-31(2)18-20-33/h11-14,25,27-28,30H,4-10,15-22H2,1-3H3/t25-,27+,28+,30-/m0/s1. The molecular weight excluding hydrogens is 462 g/mol. The molecule has 4 heterocycles. The summed E-state index contributed by atoms with van der Waals surface area (Å²) in [6, 6.07) is 9.67. The van der Waals surface area contributed by atoms with Gasteiger partial charge in [-0.1, -0.05) is 12.1 Å². The summed E-state index contributed by atoms with van der Waals surface area (Å²) in [5, 5.41) is 0. The van der Waals surface area contributed by atoms with Crippen LogP contribution in [0.15, 0.2) is 24.3 Å². The third kappa shape index (κ3) is 5.98. The second-order valence-electron chi connectivity index (χ2n) is 12.1. The van der Waals surface area contributed by atoms with E-state index in [2.05, 4.69) is 50.9 Å². The van der Waals surface area contributed by atoms with E-state index in [-0.39, 0.29) is 11.8 Å². The molecule has 1 aromatic rings. The summed E-state index contributed by atoms with van der Waals surface area (Å²) in [4.78, 5) is 37.2. The SMILES string of the molecule is CC(=O)N1C[C@@H]2CCCN3CCC[C@@H]([C@H]23)[C@H]1CCCC(=O)N(C)Cc1ccc(N2CCN(C)CC2)cc1. The highest BCUT2D eigenvalue weighted by Crippen LogP contribution is 2.43. The number of likely N-dealkylation sites (N-methyl/N-ethyl adjacent to an activating group) is 1. The first kappa shape index (κ1) is 26.5. The fourth-order valence-electron chi connectivity index (χ4n) is 7.62. The number of likely N-dealkylation sites (tertiary alicyclic amines) is 1. The van der Waals surface area contributed by atoms with E-state index in [1.807, 2.05) is 11.9 Å². The monoisotopic (exact) mass is 509 g/mol. The molecule has 4 fully saturated rings. The van der Waals surface area contributed by atoms with Gasteiger partial charge in [0.1, 0.15) is 0 Å². The van der Waals surface area contributed by atoms with E-state index in [0.717, 1.165) is 45.6 Å². The molecule has 5 rings (SSSR count). The number of nitrogens with zero attached hydrogens (tertiary/aromatic N) is 5. The van der Waals surface area contributed by atoms with Crippen molar-refractivity contribution in [3.63, 3.8) is 0 Å². The first-order chi connectivity index (χ1) is 17.9. The maximum absolute atomic E-state index is 13.0. The fraction of sp³-hybridized carbons (Fsp3) is 0.733. The highest BCUT2D eigenvalue weighted by Gasteiger charge is 2.48. The smallest absolute Gasteiger partial charge is 0.222 e. The number of amides is 2. The molecule has 4 saturated heterocycles. The minimum absolute atomic E-state index is 0.203. The zero-order chi connectivity index (χ0) is 25.9. The van der Waals surface area contributed by atoms with Crippen LogP contribution in [0.4, 0.5) is 5.69 Å². The van der Waals surface area contributed by atoms with Crippen LogP contribution in [0.2, 0.25) is 0 Å². The van der Waals surface area contributed by atoms with Crippen LogP contribution < -0.4 is 4.90 Å². The number of piperazine rings is 1. The fourth-order valence-corrected chi connectivity index (χ4v) is 7.62. The molecule has 0 spiro atoms. The molecule has 7 nitrogen and oxygen atoms in total. The van der Waals surface area contributed by atoms with Gasteiger partial charge in [0.05, 0.1) is 0 Å². The second kappa shape index (κ2) is 11.7. The van der Waals surface area contributed by atoms with Gasteiger partial charge in [-0.3, -0.25) is 14.5 Å². The average molecular weight is 510 g/mol. The molecule has 0 N–H and O–H groups in total. The molecule has 0 unspecified atom stereocenters. The highest BCUT2D eigenvalue weighted by atomic mass is 16.2. The Labute approximate surface area is 223 Å². The third-order valence-corrected chi connectivity index (χ3v) is 9.62. The van der Waals surface area contributed by atoms with Crippen molar-refractivity contribution < 1.29 is 9.59 Å². The van der Waals surface area contributed by atoms with Crippen LogP contribution in [-0.4, -0.2) is 103 Å². The normalized spacial score (nSPS) is 28.6. The van der Waals surface area contributed by atoms with Crippen LogP contribution in [0.25, 0.3) is 0 Å². The summed E-state index contributed by atoms with van der Waals surface area (Å²) >= 11 is 0. The molecule has 4 aliphatic heterocycles. The van der Waals surface area contributed by atoms with Gasteiger partial charge in [-0.15, -0.1) is 0 Å². The molecule has 1 aromatic carbocycles. The maximum Gasteiger partial charge on any atom is 0.222 e. The third-order valence-electron chi connectivity index (χ3n) is 9.62. The van der Waals surface area contributed by atoms with Crippen molar-refractivity contribution in [3.05, 3.63) is 29.8 Å². The summed E-state index contributed by atoms with van der Waals surface area (Å²) in [5.74, 6) is 1.63. The summed E-state index contributed by atoms with van der Waals surface area (Å²) < 4.78 is 0. The number of benzene rings is 1. The van der Waals surface area contributed by atoms with Crippen LogP contribution >= 0.6 is 0 Å². The Bertz CT molecular complexity index is 926. The first-order valence-corrected chi connectivity index (χ1v) is 14.7. The van der Waals surface area contributed by atoms with E-state index >= 15 is 0 Å². The number of piperidine rings is 3. The van der Waals surface area contributed by atoms with Gasteiger partial charge in [-0.25, -0.2) is 0 Å². The predicted molar refractivity (Wildman–Crippen MR) is 148 cm³/mol. The number of anilines is 1. The Morgan fingerprint density at radius 1 is 0.973 bits per heavy atom. The number of carbonyl (C=O) groups excluding carboxylic acids is 2. The topological polar surface area (TPSA) is 50.3 Å². The molecule has 0 bridgehead atoms. The second-order valence-corrected chi connectivity index (χ2v) is 12.1. The zero-order valence-electron chi connectivity index (χ0n) is 23.3. The Morgan fingerprint density at radius 3 is 2.38 bits per heavy atom. The molecule has 0 aliphatic carbocycles. The Morgan fingerprint density at radius 2 is 1.68 bits per heavy atom. The molecule has 204 valence electrons. The van der Waals surface area contributed by atoms with Crippen LogP contribution in [0.1, 0.15) is 57.4 Å². The van der Waals surface area contributed by atoms with Gasteiger partial charge in [0.15, 0.2) is 0 Å². The highest BCUT2D eigenvalue weighted by molar-refractivity contribution is 5.76. The lowest BCUT2D eigenvalue weighted by Crippen LogP contribution is -2.65. The van der Waals surface area contributed by atoms with E-state index in [1.54, 1.807) is 6.92 Å². The van der Waals surface area contributed by atoms with Gasteiger partial charge in [-0.2, -0.15) is 0 Å². The number of rotatable bonds is 7. The molecular formula is C30H47N5O2. The van der Waals surface area contributed by atoms with Gasteiger partial charge in [-0.05, 0) is 88.2 Å². The summed E-state index contributed by atoms with van der Waals surface area (Å²) in [5.41, 5.74) is 2.45. The van der Waals surface area contributed by atoms with Crippen molar-refractivity contribution in [3.8, 4) is 0 Å². The van der Waals surface area contributed by atoms with Gasteiger partial charge >= 0.3 is 0 Å². The van der Waals surface area contributed by atoms with E-state index in [4.69, 9.17) is 0 Å². The van der Waals surface area contributed by atoms with Crippen molar-refractivity contribution in [2.24, 2.45) is 11.8 Å². The maximum atomic E-state index is 13.0. The molecule has 4 aliphatic rings. The van der Waals surface area contributed by atoms with E-state index in [0.29, 0.717) is 36.9 Å². The first-order valence-electron chi connectivity index (χ1n) is 14.7. The lowest BCUT2D eigenvalue weighted by Gasteiger charge is -2.57. The van der Waals surface area contributed by atoms with Crippen LogP contribution in [0, 0.1) is 11.8 Å². The van der Waals surface area contributed by atoms with Crippen LogP contribution in [0.5, 0.6) is 0 Å². The van der Waals surface area contributed by atoms with Crippen LogP contribution in [-0.2, 0) is 16.1 Å². The van der Waals surface area contributed by atoms with Gasteiger partial charge in [0.2, 0.25) is 11.8 Å². The molecule has 0 aromatic heterocycles. The van der Waals surface area contributed by atoms with E-state index < -0.39 is 0 Å². The Kier molecular flexibility index (Phi) is 8.40. The molecule has 2 amide bonds. The Balaban J connectivity index is 1.13. The lowest BCUT2D eigenvalue weighted by atomic mass is 9.69. The minimum atomic E-state index is 0.203. The summed E-state index contributed by atoms with van der Waals surface area (Å²) in [7, 11) is 4.10. The number of hydrogen-bond donors (Lipinski definition) is 0. The zero-order valence-corrected chi connectivity index (χ0v) is 23.3. The predicted octanol–water partition coefficient (Wildman–Crippen LogP) is 3.29. The molecule has 0 saturated carbocycles. The average Bonchev–Trinajstić information content (AvgIpc) is 2.90. The number of carbonyl (C=O) groups is 2.